The molecule has 1 unspecified atom stereocenters. The zero-order chi connectivity index (χ0) is 9.68. The maximum Gasteiger partial charge on any atom is 0.217 e. The standard InChI is InChI=1S/C10H19NO2/c11-10(13)7-6-9(12)8-4-2-1-3-5-8/h8-9,12H,1-7H2,(H2,11,13). The van der Waals surface area contributed by atoms with E-state index in [0.29, 0.717) is 18.8 Å². The molecule has 1 atom stereocenters. The number of aliphatic hydroxyl groups excluding tert-OH is 1. The number of rotatable bonds is 4. The van der Waals surface area contributed by atoms with Crippen molar-refractivity contribution in [2.24, 2.45) is 11.7 Å². The van der Waals surface area contributed by atoms with Gasteiger partial charge in [0.25, 0.3) is 0 Å². The van der Waals surface area contributed by atoms with Crippen molar-refractivity contribution in [3.05, 3.63) is 0 Å². The van der Waals surface area contributed by atoms with Gasteiger partial charge in [-0.1, -0.05) is 19.3 Å². The molecule has 0 heterocycles. The molecule has 76 valence electrons. The molecule has 1 aliphatic rings. The molecular weight excluding hydrogens is 166 g/mol. The zero-order valence-corrected chi connectivity index (χ0v) is 8.04. The lowest BCUT2D eigenvalue weighted by atomic mass is 9.84. The van der Waals surface area contributed by atoms with Gasteiger partial charge in [-0.3, -0.25) is 4.79 Å². The van der Waals surface area contributed by atoms with Crippen LogP contribution < -0.4 is 5.73 Å². The number of hydrogen-bond acceptors (Lipinski definition) is 2. The largest absolute Gasteiger partial charge is 0.393 e. The van der Waals surface area contributed by atoms with E-state index in [1.54, 1.807) is 0 Å². The highest BCUT2D eigenvalue weighted by Gasteiger charge is 2.21. The molecule has 0 radical (unpaired) electrons. The third kappa shape index (κ3) is 3.77. The molecule has 3 nitrogen and oxygen atoms in total. The fraction of sp³-hybridized carbons (Fsp3) is 0.900. The molecule has 0 aromatic heterocycles. The van der Waals surface area contributed by atoms with Crippen molar-refractivity contribution >= 4 is 5.91 Å². The fourth-order valence-corrected chi connectivity index (χ4v) is 2.04. The minimum Gasteiger partial charge on any atom is -0.393 e. The first kappa shape index (κ1) is 10.5. The minimum atomic E-state index is -0.312. The molecule has 1 saturated carbocycles. The molecule has 3 N–H and O–H groups in total. The van der Waals surface area contributed by atoms with E-state index in [-0.39, 0.29) is 12.0 Å². The molecule has 1 rings (SSSR count). The third-order valence-electron chi connectivity index (χ3n) is 2.88. The van der Waals surface area contributed by atoms with Crippen LogP contribution in [0, 0.1) is 5.92 Å². The summed E-state index contributed by atoms with van der Waals surface area (Å²) in [6.07, 6.45) is 6.50. The van der Waals surface area contributed by atoms with Crippen molar-refractivity contribution in [3.63, 3.8) is 0 Å². The molecule has 13 heavy (non-hydrogen) atoms. The summed E-state index contributed by atoms with van der Waals surface area (Å²) in [7, 11) is 0. The average molecular weight is 185 g/mol. The van der Waals surface area contributed by atoms with E-state index in [1.165, 1.54) is 19.3 Å². The number of primary amides is 1. The Kier molecular flexibility index (Phi) is 4.22. The van der Waals surface area contributed by atoms with Gasteiger partial charge in [-0.2, -0.15) is 0 Å². The van der Waals surface area contributed by atoms with E-state index < -0.39 is 0 Å². The van der Waals surface area contributed by atoms with Crippen molar-refractivity contribution in [2.75, 3.05) is 0 Å². The van der Waals surface area contributed by atoms with Crippen LogP contribution in [0.15, 0.2) is 0 Å². The normalized spacial score (nSPS) is 21.3. The highest BCUT2D eigenvalue weighted by molar-refractivity contribution is 5.73. The highest BCUT2D eigenvalue weighted by atomic mass is 16.3. The maximum absolute atomic E-state index is 10.5. The summed E-state index contributed by atoms with van der Waals surface area (Å²) in [5.74, 6) is 0.1000. The molecule has 0 bridgehead atoms. The molecule has 1 aliphatic carbocycles. The molecule has 1 amide bonds. The van der Waals surface area contributed by atoms with Crippen molar-refractivity contribution < 1.29 is 9.90 Å². The van der Waals surface area contributed by atoms with Crippen LogP contribution in [0.4, 0.5) is 0 Å². The highest BCUT2D eigenvalue weighted by Crippen LogP contribution is 2.27. The van der Waals surface area contributed by atoms with Gasteiger partial charge in [-0.15, -0.1) is 0 Å². The molecule has 0 saturated heterocycles. The number of carbonyl (C=O) groups excluding carboxylic acids is 1. The zero-order valence-electron chi connectivity index (χ0n) is 8.04. The monoisotopic (exact) mass is 185 g/mol. The second-order valence-corrected chi connectivity index (χ2v) is 3.97. The van der Waals surface area contributed by atoms with Gasteiger partial charge in [0.2, 0.25) is 5.91 Å². The SMILES string of the molecule is NC(=O)CCC(O)C1CCCCC1. The Labute approximate surface area is 79.3 Å². The molecular formula is C10H19NO2. The fourth-order valence-electron chi connectivity index (χ4n) is 2.04. The van der Waals surface area contributed by atoms with Crippen LogP contribution in [0.2, 0.25) is 0 Å². The predicted octanol–water partition coefficient (Wildman–Crippen LogP) is 1.19. The van der Waals surface area contributed by atoms with Gasteiger partial charge in [0.05, 0.1) is 6.10 Å². The molecule has 0 aromatic carbocycles. The molecule has 0 spiro atoms. The van der Waals surface area contributed by atoms with Gasteiger partial charge in [0.1, 0.15) is 0 Å². The third-order valence-corrected chi connectivity index (χ3v) is 2.88. The molecule has 1 fully saturated rings. The van der Waals surface area contributed by atoms with Crippen LogP contribution in [0.1, 0.15) is 44.9 Å². The van der Waals surface area contributed by atoms with Crippen LogP contribution >= 0.6 is 0 Å². The summed E-state index contributed by atoms with van der Waals surface area (Å²) in [6, 6.07) is 0. The average Bonchev–Trinajstić information content (AvgIpc) is 2.15. The lowest BCUT2D eigenvalue weighted by Gasteiger charge is -2.26. The minimum absolute atomic E-state index is 0.310. The van der Waals surface area contributed by atoms with E-state index in [4.69, 9.17) is 5.73 Å². The van der Waals surface area contributed by atoms with Crippen molar-refractivity contribution in [3.8, 4) is 0 Å². The van der Waals surface area contributed by atoms with Crippen LogP contribution in [0.25, 0.3) is 0 Å². The topological polar surface area (TPSA) is 63.3 Å². The molecule has 0 aliphatic heterocycles. The van der Waals surface area contributed by atoms with Crippen LogP contribution in [0.3, 0.4) is 0 Å². The molecule has 3 heteroatoms. The number of carbonyl (C=O) groups is 1. The predicted molar refractivity (Wildman–Crippen MR) is 51.0 cm³/mol. The first-order chi connectivity index (χ1) is 6.20. The van der Waals surface area contributed by atoms with Crippen molar-refractivity contribution in [2.45, 2.75) is 51.0 Å². The number of aliphatic hydroxyl groups is 1. The summed E-state index contributed by atoms with van der Waals surface area (Å²) >= 11 is 0. The number of hydrogen-bond donors (Lipinski definition) is 2. The van der Waals surface area contributed by atoms with E-state index in [2.05, 4.69) is 0 Å². The van der Waals surface area contributed by atoms with Gasteiger partial charge in [-0.25, -0.2) is 0 Å². The van der Waals surface area contributed by atoms with Gasteiger partial charge >= 0.3 is 0 Å². The number of nitrogens with two attached hydrogens (primary N) is 1. The van der Waals surface area contributed by atoms with E-state index in [1.807, 2.05) is 0 Å². The Balaban J connectivity index is 2.20. The first-order valence-corrected chi connectivity index (χ1v) is 5.16. The quantitative estimate of drug-likeness (QED) is 0.691. The summed E-state index contributed by atoms with van der Waals surface area (Å²) in [6.45, 7) is 0. The second-order valence-electron chi connectivity index (χ2n) is 3.97. The van der Waals surface area contributed by atoms with Crippen LogP contribution in [-0.2, 0) is 4.79 Å². The van der Waals surface area contributed by atoms with Crippen LogP contribution in [0.5, 0.6) is 0 Å². The van der Waals surface area contributed by atoms with E-state index in [0.717, 1.165) is 12.8 Å². The van der Waals surface area contributed by atoms with Crippen LogP contribution in [-0.4, -0.2) is 17.1 Å². The lowest BCUT2D eigenvalue weighted by Crippen LogP contribution is -2.24. The molecule has 0 aromatic rings. The summed E-state index contributed by atoms with van der Waals surface area (Å²) in [5.41, 5.74) is 5.02. The second kappa shape index (κ2) is 5.22. The van der Waals surface area contributed by atoms with Gasteiger partial charge < -0.3 is 10.8 Å². The van der Waals surface area contributed by atoms with Gasteiger partial charge in [-0.05, 0) is 25.2 Å². The van der Waals surface area contributed by atoms with E-state index in [9.17, 15) is 9.90 Å². The summed E-state index contributed by atoms with van der Waals surface area (Å²) in [5, 5.41) is 9.72. The van der Waals surface area contributed by atoms with Gasteiger partial charge in [0.15, 0.2) is 0 Å². The Morgan fingerprint density at radius 1 is 1.38 bits per heavy atom. The summed E-state index contributed by atoms with van der Waals surface area (Å²) in [4.78, 5) is 10.5. The Bertz CT molecular complexity index is 164. The summed E-state index contributed by atoms with van der Waals surface area (Å²) < 4.78 is 0. The lowest BCUT2D eigenvalue weighted by molar-refractivity contribution is -0.118. The van der Waals surface area contributed by atoms with Crippen molar-refractivity contribution in [1.29, 1.82) is 0 Å². The van der Waals surface area contributed by atoms with E-state index >= 15 is 0 Å². The van der Waals surface area contributed by atoms with Crippen molar-refractivity contribution in [1.82, 2.24) is 0 Å². The maximum atomic E-state index is 10.5. The Morgan fingerprint density at radius 2 is 2.00 bits per heavy atom. The van der Waals surface area contributed by atoms with Gasteiger partial charge in [0, 0.05) is 6.42 Å². The first-order valence-electron chi connectivity index (χ1n) is 5.16. The Hall–Kier alpha value is -0.570. The Morgan fingerprint density at radius 3 is 2.54 bits per heavy atom. The number of amides is 1. The smallest absolute Gasteiger partial charge is 0.217 e.